The molecule has 0 fully saturated rings. The van der Waals surface area contributed by atoms with E-state index in [1.165, 1.54) is 9.78 Å². The molecule has 148 valence electrons. The molecule has 0 unspecified atom stereocenters. The van der Waals surface area contributed by atoms with Gasteiger partial charge in [-0.25, -0.2) is 4.98 Å². The number of hydrogen-bond acceptors (Lipinski definition) is 5. The smallest absolute Gasteiger partial charge is 0.259 e. The van der Waals surface area contributed by atoms with Crippen molar-refractivity contribution in [1.82, 2.24) is 20.5 Å². The van der Waals surface area contributed by atoms with Crippen LogP contribution in [0.25, 0.3) is 0 Å². The number of nitrogens with zero attached hydrogens (tertiary/aromatic N) is 3. The Bertz CT molecular complexity index is 764. The number of guanidine groups is 1. The molecule has 0 bridgehead atoms. The minimum Gasteiger partial charge on any atom is -0.484 e. The number of rotatable bonds is 7. The molecule has 9 heteroatoms. The lowest BCUT2D eigenvalue weighted by Gasteiger charge is -2.13. The fraction of sp³-hybridized carbons (Fsp3) is 0.389. The van der Waals surface area contributed by atoms with E-state index in [-0.39, 0.29) is 36.5 Å². The summed E-state index contributed by atoms with van der Waals surface area (Å²) in [6.45, 7) is 3.29. The summed E-state index contributed by atoms with van der Waals surface area (Å²) in [7, 11) is 5.14. The highest BCUT2D eigenvalue weighted by Gasteiger charge is 2.06. The highest BCUT2D eigenvalue weighted by Crippen LogP contribution is 2.13. The molecule has 1 heterocycles. The van der Waals surface area contributed by atoms with E-state index >= 15 is 0 Å². The van der Waals surface area contributed by atoms with Crippen molar-refractivity contribution >= 4 is 47.2 Å². The fourth-order valence-corrected chi connectivity index (χ4v) is 2.80. The van der Waals surface area contributed by atoms with Gasteiger partial charge in [-0.15, -0.1) is 35.3 Å². The van der Waals surface area contributed by atoms with Gasteiger partial charge in [-0.05, 0) is 24.6 Å². The lowest BCUT2D eigenvalue weighted by Crippen LogP contribution is -2.36. The van der Waals surface area contributed by atoms with Gasteiger partial charge < -0.3 is 20.3 Å². The van der Waals surface area contributed by atoms with Gasteiger partial charge in [-0.3, -0.25) is 9.79 Å². The molecular formula is C18H26IN5O2S. The summed E-state index contributed by atoms with van der Waals surface area (Å²) in [6.07, 6.45) is 1.87. The van der Waals surface area contributed by atoms with Crippen LogP contribution in [-0.2, 0) is 17.9 Å². The van der Waals surface area contributed by atoms with Gasteiger partial charge in [0.1, 0.15) is 10.8 Å². The summed E-state index contributed by atoms with van der Waals surface area (Å²) in [5.74, 6) is 1.29. The van der Waals surface area contributed by atoms with Crippen LogP contribution in [0.5, 0.6) is 5.75 Å². The molecular weight excluding hydrogens is 477 g/mol. The minimum atomic E-state index is -0.0736. The molecule has 2 aromatic rings. The van der Waals surface area contributed by atoms with E-state index in [2.05, 4.69) is 20.6 Å². The molecule has 0 aliphatic heterocycles. The number of halogens is 1. The Morgan fingerprint density at radius 2 is 2.04 bits per heavy atom. The van der Waals surface area contributed by atoms with Crippen LogP contribution in [0.3, 0.4) is 0 Å². The average Bonchev–Trinajstić information content (AvgIpc) is 3.05. The molecule has 2 N–H and O–H groups in total. The summed E-state index contributed by atoms with van der Waals surface area (Å²) in [6, 6.07) is 7.64. The number of thiazole rings is 1. The number of aryl methyl sites for hydroxylation is 1. The summed E-state index contributed by atoms with van der Waals surface area (Å²) in [4.78, 5) is 22.8. The molecule has 7 nitrogen and oxygen atoms in total. The van der Waals surface area contributed by atoms with Crippen LogP contribution in [0.2, 0.25) is 0 Å². The first-order chi connectivity index (χ1) is 12.5. The zero-order valence-electron chi connectivity index (χ0n) is 16.0. The Morgan fingerprint density at radius 3 is 2.67 bits per heavy atom. The first-order valence-corrected chi connectivity index (χ1v) is 9.07. The molecule has 0 saturated carbocycles. The summed E-state index contributed by atoms with van der Waals surface area (Å²) in [5, 5.41) is 7.52. The number of hydrogen-bond donors (Lipinski definition) is 2. The van der Waals surface area contributed by atoms with E-state index in [9.17, 15) is 4.79 Å². The third kappa shape index (κ3) is 8.12. The number of carbonyl (C=O) groups is 1. The lowest BCUT2D eigenvalue weighted by molar-refractivity contribution is -0.130. The van der Waals surface area contributed by atoms with Gasteiger partial charge in [0, 0.05) is 38.8 Å². The highest BCUT2D eigenvalue weighted by atomic mass is 127. The van der Waals surface area contributed by atoms with Crippen LogP contribution in [0.4, 0.5) is 0 Å². The number of carbonyl (C=O) groups excluding carboxylic acids is 1. The maximum absolute atomic E-state index is 11.6. The van der Waals surface area contributed by atoms with E-state index in [4.69, 9.17) is 4.74 Å². The summed E-state index contributed by atoms with van der Waals surface area (Å²) in [5.41, 5.74) is 1.04. The van der Waals surface area contributed by atoms with Gasteiger partial charge in [0.15, 0.2) is 12.6 Å². The molecule has 0 aliphatic carbocycles. The number of nitrogens with one attached hydrogen (secondary N) is 2. The maximum Gasteiger partial charge on any atom is 0.259 e. The predicted octanol–water partition coefficient (Wildman–Crippen LogP) is 2.40. The van der Waals surface area contributed by atoms with E-state index in [1.807, 2.05) is 37.4 Å². The Hall–Kier alpha value is -1.88. The normalized spacial score (nSPS) is 10.7. The minimum absolute atomic E-state index is 0. The van der Waals surface area contributed by atoms with E-state index in [1.54, 1.807) is 32.5 Å². The van der Waals surface area contributed by atoms with Gasteiger partial charge in [0.2, 0.25) is 0 Å². The largest absolute Gasteiger partial charge is 0.484 e. The Morgan fingerprint density at radius 1 is 1.30 bits per heavy atom. The van der Waals surface area contributed by atoms with Crippen molar-refractivity contribution in [3.63, 3.8) is 0 Å². The average molecular weight is 503 g/mol. The standard InChI is InChI=1S/C18H25N5O2S.HI/c1-13-9-20-16(26-13)11-22-18(19-2)21-10-14-6-5-7-15(8-14)25-12-17(24)23(3)4;/h5-9H,10-12H2,1-4H3,(H2,19,21,22);1H. The quantitative estimate of drug-likeness (QED) is 0.345. The van der Waals surface area contributed by atoms with Crippen molar-refractivity contribution in [2.24, 2.45) is 4.99 Å². The fourth-order valence-electron chi connectivity index (χ4n) is 2.07. The van der Waals surface area contributed by atoms with Crippen LogP contribution in [-0.4, -0.2) is 49.5 Å². The Kier molecular flexibility index (Phi) is 10.1. The van der Waals surface area contributed by atoms with Crippen LogP contribution in [0.15, 0.2) is 35.5 Å². The summed E-state index contributed by atoms with van der Waals surface area (Å²) >= 11 is 1.66. The molecule has 27 heavy (non-hydrogen) atoms. The van der Waals surface area contributed by atoms with E-state index in [0.29, 0.717) is 24.8 Å². The zero-order chi connectivity index (χ0) is 18.9. The van der Waals surface area contributed by atoms with Gasteiger partial charge in [-0.1, -0.05) is 12.1 Å². The van der Waals surface area contributed by atoms with Crippen molar-refractivity contribution in [3.05, 3.63) is 45.9 Å². The third-order valence-corrected chi connectivity index (χ3v) is 4.43. The van der Waals surface area contributed by atoms with Crippen LogP contribution >= 0.6 is 35.3 Å². The molecule has 0 atom stereocenters. The van der Waals surface area contributed by atoms with Crippen molar-refractivity contribution in [2.45, 2.75) is 20.0 Å². The Balaban J connectivity index is 0.00000364. The van der Waals surface area contributed by atoms with Crippen LogP contribution in [0, 0.1) is 6.92 Å². The number of ether oxygens (including phenoxy) is 1. The molecule has 1 amide bonds. The Labute approximate surface area is 181 Å². The topological polar surface area (TPSA) is 78.9 Å². The number of aromatic nitrogens is 1. The molecule has 1 aromatic carbocycles. The van der Waals surface area contributed by atoms with Crippen molar-refractivity contribution in [2.75, 3.05) is 27.7 Å². The zero-order valence-corrected chi connectivity index (χ0v) is 19.1. The third-order valence-electron chi connectivity index (χ3n) is 3.52. The lowest BCUT2D eigenvalue weighted by atomic mass is 10.2. The molecule has 0 aliphatic rings. The van der Waals surface area contributed by atoms with Gasteiger partial charge >= 0.3 is 0 Å². The van der Waals surface area contributed by atoms with Crippen molar-refractivity contribution in [1.29, 1.82) is 0 Å². The number of aliphatic imine (C=N–C) groups is 1. The molecule has 0 radical (unpaired) electrons. The number of likely N-dealkylation sites (N-methyl/N-ethyl adjacent to an activating group) is 1. The van der Waals surface area contributed by atoms with Gasteiger partial charge in [-0.2, -0.15) is 0 Å². The van der Waals surface area contributed by atoms with Gasteiger partial charge in [0.05, 0.1) is 6.54 Å². The monoisotopic (exact) mass is 503 g/mol. The maximum atomic E-state index is 11.6. The second-order valence-electron chi connectivity index (χ2n) is 5.87. The second kappa shape index (κ2) is 11.8. The molecule has 1 aromatic heterocycles. The first kappa shape index (κ1) is 23.2. The predicted molar refractivity (Wildman–Crippen MR) is 120 cm³/mol. The van der Waals surface area contributed by atoms with Gasteiger partial charge in [0.25, 0.3) is 5.91 Å². The molecule has 2 rings (SSSR count). The first-order valence-electron chi connectivity index (χ1n) is 8.25. The second-order valence-corrected chi connectivity index (χ2v) is 7.19. The number of benzene rings is 1. The van der Waals surface area contributed by atoms with E-state index < -0.39 is 0 Å². The molecule has 0 saturated heterocycles. The highest BCUT2D eigenvalue weighted by molar-refractivity contribution is 14.0. The SMILES string of the molecule is CN=C(NCc1cccc(OCC(=O)N(C)C)c1)NCc1ncc(C)s1.I. The number of amides is 1. The van der Waals surface area contributed by atoms with Crippen LogP contribution < -0.4 is 15.4 Å². The van der Waals surface area contributed by atoms with E-state index in [0.717, 1.165) is 10.6 Å². The molecule has 0 spiro atoms. The van der Waals surface area contributed by atoms with Crippen molar-refractivity contribution < 1.29 is 9.53 Å². The van der Waals surface area contributed by atoms with Crippen molar-refractivity contribution in [3.8, 4) is 5.75 Å². The summed E-state index contributed by atoms with van der Waals surface area (Å²) < 4.78 is 5.54. The van der Waals surface area contributed by atoms with Crippen LogP contribution in [0.1, 0.15) is 15.4 Å².